The van der Waals surface area contributed by atoms with Gasteiger partial charge in [0.2, 0.25) is 5.91 Å². The number of aromatic hydroxyl groups is 1. The van der Waals surface area contributed by atoms with E-state index >= 15 is 0 Å². The molecule has 0 aliphatic heterocycles. The van der Waals surface area contributed by atoms with Crippen molar-refractivity contribution in [1.29, 1.82) is 0 Å². The van der Waals surface area contributed by atoms with Gasteiger partial charge in [0.15, 0.2) is 5.75 Å². The molecule has 0 saturated carbocycles. The van der Waals surface area contributed by atoms with Gasteiger partial charge < -0.3 is 16.2 Å². The second kappa shape index (κ2) is 5.58. The first-order chi connectivity index (χ1) is 9.49. The molecular weight excluding hydrogens is 282 g/mol. The van der Waals surface area contributed by atoms with Gasteiger partial charge in [-0.3, -0.25) is 14.6 Å². The Bertz CT molecular complexity index is 671. The standard InChI is InChI=1S/C13H10ClN3O3/c14-8-2-1-3-9(11(8)18)17-13(20)10-5-4-7(6-16-10)12(15)19/h1-6,18H,(H2,15,19)(H,17,20). The molecule has 1 aromatic heterocycles. The highest BCUT2D eigenvalue weighted by Gasteiger charge is 2.12. The van der Waals surface area contributed by atoms with Crippen molar-refractivity contribution in [2.75, 3.05) is 5.32 Å². The average molecular weight is 292 g/mol. The Balaban J connectivity index is 2.20. The number of anilines is 1. The maximum Gasteiger partial charge on any atom is 0.274 e. The van der Waals surface area contributed by atoms with Gasteiger partial charge in [-0.15, -0.1) is 0 Å². The zero-order valence-electron chi connectivity index (χ0n) is 10.1. The Hall–Kier alpha value is -2.60. The summed E-state index contributed by atoms with van der Waals surface area (Å²) in [4.78, 5) is 26.6. The molecule has 1 heterocycles. The fraction of sp³-hybridized carbons (Fsp3) is 0. The summed E-state index contributed by atoms with van der Waals surface area (Å²) in [5.74, 6) is -1.40. The fourth-order valence-corrected chi connectivity index (χ4v) is 1.65. The molecule has 4 N–H and O–H groups in total. The summed E-state index contributed by atoms with van der Waals surface area (Å²) < 4.78 is 0. The van der Waals surface area contributed by atoms with Gasteiger partial charge in [0, 0.05) is 6.20 Å². The van der Waals surface area contributed by atoms with E-state index in [0.29, 0.717) is 0 Å². The van der Waals surface area contributed by atoms with E-state index in [9.17, 15) is 14.7 Å². The minimum absolute atomic E-state index is 0.0781. The van der Waals surface area contributed by atoms with E-state index in [1.165, 1.54) is 30.5 Å². The third kappa shape index (κ3) is 2.86. The zero-order chi connectivity index (χ0) is 14.7. The summed E-state index contributed by atoms with van der Waals surface area (Å²) in [7, 11) is 0. The third-order valence-corrected chi connectivity index (χ3v) is 2.82. The Morgan fingerprint density at radius 3 is 2.60 bits per heavy atom. The first-order valence-corrected chi connectivity index (χ1v) is 5.91. The number of rotatable bonds is 3. The van der Waals surface area contributed by atoms with Crippen LogP contribution in [0, 0.1) is 0 Å². The Morgan fingerprint density at radius 2 is 2.00 bits per heavy atom. The first kappa shape index (κ1) is 13.8. The van der Waals surface area contributed by atoms with Crippen molar-refractivity contribution >= 4 is 29.1 Å². The summed E-state index contributed by atoms with van der Waals surface area (Å²) in [6.07, 6.45) is 1.20. The molecule has 20 heavy (non-hydrogen) atoms. The molecule has 2 rings (SSSR count). The van der Waals surface area contributed by atoms with E-state index in [2.05, 4.69) is 10.3 Å². The lowest BCUT2D eigenvalue weighted by Crippen LogP contribution is -2.16. The van der Waals surface area contributed by atoms with E-state index in [1.807, 2.05) is 0 Å². The molecule has 0 atom stereocenters. The molecule has 0 aliphatic carbocycles. The van der Waals surface area contributed by atoms with E-state index in [-0.39, 0.29) is 27.7 Å². The molecule has 102 valence electrons. The molecule has 0 spiro atoms. The SMILES string of the molecule is NC(=O)c1ccc(C(=O)Nc2cccc(Cl)c2O)nc1. The van der Waals surface area contributed by atoms with Crippen LogP contribution in [0.1, 0.15) is 20.8 Å². The van der Waals surface area contributed by atoms with Crippen LogP contribution in [0.4, 0.5) is 5.69 Å². The molecule has 0 saturated heterocycles. The third-order valence-electron chi connectivity index (χ3n) is 2.52. The molecule has 2 aromatic rings. The summed E-state index contributed by atoms with van der Waals surface area (Å²) >= 11 is 5.73. The van der Waals surface area contributed by atoms with Gasteiger partial charge in [-0.1, -0.05) is 17.7 Å². The van der Waals surface area contributed by atoms with Crippen LogP contribution in [0.15, 0.2) is 36.5 Å². The van der Waals surface area contributed by atoms with Crippen LogP contribution in [0.3, 0.4) is 0 Å². The van der Waals surface area contributed by atoms with Crippen molar-refractivity contribution in [1.82, 2.24) is 4.98 Å². The number of carbonyl (C=O) groups is 2. The topological polar surface area (TPSA) is 105 Å². The number of phenols is 1. The maximum absolute atomic E-state index is 11.9. The van der Waals surface area contributed by atoms with Crippen LogP contribution in [0.25, 0.3) is 0 Å². The highest BCUT2D eigenvalue weighted by Crippen LogP contribution is 2.31. The lowest BCUT2D eigenvalue weighted by atomic mass is 10.2. The zero-order valence-corrected chi connectivity index (χ0v) is 10.9. The summed E-state index contributed by atoms with van der Waals surface area (Å²) in [5, 5.41) is 12.3. The number of amides is 2. The Labute approximate surface area is 119 Å². The van der Waals surface area contributed by atoms with Gasteiger partial charge >= 0.3 is 0 Å². The maximum atomic E-state index is 11.9. The van der Waals surface area contributed by atoms with Crippen LogP contribution in [-0.4, -0.2) is 21.9 Å². The number of aromatic nitrogens is 1. The van der Waals surface area contributed by atoms with E-state index in [1.54, 1.807) is 6.07 Å². The number of hydrogen-bond donors (Lipinski definition) is 3. The molecule has 7 heteroatoms. The largest absolute Gasteiger partial charge is 0.504 e. The number of carbonyl (C=O) groups excluding carboxylic acids is 2. The number of nitrogens with one attached hydrogen (secondary N) is 1. The highest BCUT2D eigenvalue weighted by molar-refractivity contribution is 6.32. The van der Waals surface area contributed by atoms with E-state index in [4.69, 9.17) is 17.3 Å². The Kier molecular flexibility index (Phi) is 3.86. The number of hydrogen-bond acceptors (Lipinski definition) is 4. The van der Waals surface area contributed by atoms with Crippen molar-refractivity contribution < 1.29 is 14.7 Å². The number of primary amides is 1. The van der Waals surface area contributed by atoms with E-state index < -0.39 is 11.8 Å². The lowest BCUT2D eigenvalue weighted by molar-refractivity contribution is 0.0993. The van der Waals surface area contributed by atoms with Gasteiger partial charge in [-0.05, 0) is 24.3 Å². The highest BCUT2D eigenvalue weighted by atomic mass is 35.5. The smallest absolute Gasteiger partial charge is 0.274 e. The lowest BCUT2D eigenvalue weighted by Gasteiger charge is -2.07. The molecule has 0 radical (unpaired) electrons. The number of benzene rings is 1. The van der Waals surface area contributed by atoms with Gasteiger partial charge in [0.05, 0.1) is 16.3 Å². The number of nitrogens with two attached hydrogens (primary N) is 1. The average Bonchev–Trinajstić information content (AvgIpc) is 2.44. The van der Waals surface area contributed by atoms with Gasteiger partial charge in [-0.25, -0.2) is 0 Å². The summed E-state index contributed by atoms with van der Waals surface area (Å²) in [6.45, 7) is 0. The van der Waals surface area contributed by atoms with Gasteiger partial charge in [-0.2, -0.15) is 0 Å². The fourth-order valence-electron chi connectivity index (χ4n) is 1.48. The molecule has 6 nitrogen and oxygen atoms in total. The second-order valence-corrected chi connectivity index (χ2v) is 4.29. The summed E-state index contributed by atoms with van der Waals surface area (Å²) in [5.41, 5.74) is 5.52. The van der Waals surface area contributed by atoms with Crippen LogP contribution >= 0.6 is 11.6 Å². The predicted octanol–water partition coefficient (Wildman–Crippen LogP) is 1.79. The van der Waals surface area contributed by atoms with Crippen molar-refractivity contribution in [3.63, 3.8) is 0 Å². The number of halogens is 1. The molecule has 2 amide bonds. The van der Waals surface area contributed by atoms with Crippen LogP contribution < -0.4 is 11.1 Å². The molecular formula is C13H10ClN3O3. The Morgan fingerprint density at radius 1 is 1.25 bits per heavy atom. The van der Waals surface area contributed by atoms with Crippen LogP contribution in [0.5, 0.6) is 5.75 Å². The van der Waals surface area contributed by atoms with Crippen LogP contribution in [0.2, 0.25) is 5.02 Å². The minimum atomic E-state index is -0.628. The quantitative estimate of drug-likeness (QED) is 0.750. The second-order valence-electron chi connectivity index (χ2n) is 3.89. The number of para-hydroxylation sites is 1. The molecule has 0 aliphatic rings. The van der Waals surface area contributed by atoms with E-state index in [0.717, 1.165) is 0 Å². The number of pyridine rings is 1. The van der Waals surface area contributed by atoms with Crippen LogP contribution in [-0.2, 0) is 0 Å². The van der Waals surface area contributed by atoms with Gasteiger partial charge in [0.25, 0.3) is 5.91 Å². The number of nitrogens with zero attached hydrogens (tertiary/aromatic N) is 1. The molecule has 0 bridgehead atoms. The molecule has 0 fully saturated rings. The van der Waals surface area contributed by atoms with Gasteiger partial charge in [0.1, 0.15) is 5.69 Å². The number of phenolic OH excluding ortho intramolecular Hbond substituents is 1. The normalized spacial score (nSPS) is 10.1. The van der Waals surface area contributed by atoms with Crippen molar-refractivity contribution in [3.05, 3.63) is 52.8 Å². The summed E-state index contributed by atoms with van der Waals surface area (Å²) in [6, 6.07) is 7.32. The predicted molar refractivity (Wildman–Crippen MR) is 73.8 cm³/mol. The monoisotopic (exact) mass is 291 g/mol. The first-order valence-electron chi connectivity index (χ1n) is 5.53. The van der Waals surface area contributed by atoms with Crippen molar-refractivity contribution in [3.8, 4) is 5.75 Å². The minimum Gasteiger partial charge on any atom is -0.504 e. The van der Waals surface area contributed by atoms with Crippen molar-refractivity contribution in [2.24, 2.45) is 5.73 Å². The molecule has 0 unspecified atom stereocenters. The van der Waals surface area contributed by atoms with Crippen molar-refractivity contribution in [2.45, 2.75) is 0 Å². The molecule has 1 aromatic carbocycles.